The van der Waals surface area contributed by atoms with E-state index in [4.69, 9.17) is 22.5 Å². The predicted octanol–water partition coefficient (Wildman–Crippen LogP) is 3.75. The predicted molar refractivity (Wildman–Crippen MR) is 115 cm³/mol. The molecule has 1 aliphatic heterocycles. The standard InChI is InChI=1S/C21H23N3.H2O4S/c1-4-12-24-16(3)15(2)19-9-11-22-21(20(19)24)23-13-10-17-7-5-6-8-18(17)14-23;1-5(2,3)4/h4-9,11H,1,10,12-14H2,2-3H3;(H2,1,2,3,4). The van der Waals surface area contributed by atoms with Gasteiger partial charge in [0.05, 0.1) is 5.52 Å². The van der Waals surface area contributed by atoms with Gasteiger partial charge in [-0.05, 0) is 43.0 Å². The molecule has 1 aliphatic rings. The van der Waals surface area contributed by atoms with Crippen molar-refractivity contribution in [3.8, 4) is 0 Å². The maximum Gasteiger partial charge on any atom is 0.394 e. The van der Waals surface area contributed by atoms with E-state index in [1.807, 2.05) is 12.3 Å². The lowest BCUT2D eigenvalue weighted by molar-refractivity contribution is 0.381. The number of allylic oxidation sites excluding steroid dienone is 1. The maximum absolute atomic E-state index is 8.74. The van der Waals surface area contributed by atoms with Crippen LogP contribution in [-0.2, 0) is 29.9 Å². The summed E-state index contributed by atoms with van der Waals surface area (Å²) in [5.74, 6) is 1.10. The zero-order chi connectivity index (χ0) is 21.2. The zero-order valence-electron chi connectivity index (χ0n) is 16.5. The minimum Gasteiger partial charge on any atom is -0.350 e. The Morgan fingerprint density at radius 1 is 1.17 bits per heavy atom. The lowest BCUT2D eigenvalue weighted by atomic mass is 10.00. The fraction of sp³-hybridized carbons (Fsp3) is 0.286. The van der Waals surface area contributed by atoms with Crippen LogP contribution in [0, 0.1) is 13.8 Å². The van der Waals surface area contributed by atoms with Gasteiger partial charge in [0.15, 0.2) is 5.82 Å². The quantitative estimate of drug-likeness (QED) is 0.500. The molecule has 3 heterocycles. The largest absolute Gasteiger partial charge is 0.394 e. The van der Waals surface area contributed by atoms with Crippen molar-refractivity contribution < 1.29 is 17.5 Å². The lowest BCUT2D eigenvalue weighted by Gasteiger charge is -2.30. The normalized spacial score (nSPS) is 13.6. The molecule has 2 N–H and O–H groups in total. The van der Waals surface area contributed by atoms with E-state index in [2.05, 4.69) is 60.2 Å². The number of aryl methyl sites for hydroxylation is 1. The third kappa shape index (κ3) is 4.67. The highest BCUT2D eigenvalue weighted by Gasteiger charge is 2.22. The van der Waals surface area contributed by atoms with Crippen molar-refractivity contribution in [2.45, 2.75) is 33.4 Å². The first-order valence-corrected chi connectivity index (χ1v) is 10.7. The average Bonchev–Trinajstić information content (AvgIpc) is 2.92. The monoisotopic (exact) mass is 415 g/mol. The third-order valence-electron chi connectivity index (χ3n) is 5.27. The van der Waals surface area contributed by atoms with Crippen molar-refractivity contribution in [2.24, 2.45) is 0 Å². The fourth-order valence-corrected chi connectivity index (χ4v) is 3.84. The molecule has 2 aromatic heterocycles. The summed E-state index contributed by atoms with van der Waals surface area (Å²) in [6.45, 7) is 11.1. The Kier molecular flexibility index (Phi) is 6.07. The highest BCUT2D eigenvalue weighted by Crippen LogP contribution is 2.33. The SMILES string of the molecule is C=CCn1c(C)c(C)c2ccnc(N3CCc4ccccc4C3)c21.O=S(=O)(O)O. The Balaban J connectivity index is 0.000000431. The van der Waals surface area contributed by atoms with Crippen LogP contribution in [0.2, 0.25) is 0 Å². The molecule has 0 saturated heterocycles. The van der Waals surface area contributed by atoms with E-state index in [0.29, 0.717) is 0 Å². The van der Waals surface area contributed by atoms with Gasteiger partial charge in [-0.3, -0.25) is 9.11 Å². The van der Waals surface area contributed by atoms with Crippen LogP contribution in [0.3, 0.4) is 0 Å². The number of aromatic nitrogens is 2. The molecule has 0 bridgehead atoms. The van der Waals surface area contributed by atoms with Crippen LogP contribution < -0.4 is 4.90 Å². The Morgan fingerprint density at radius 2 is 1.83 bits per heavy atom. The maximum atomic E-state index is 8.74. The number of hydrogen-bond acceptors (Lipinski definition) is 4. The minimum atomic E-state index is -4.67. The molecule has 154 valence electrons. The molecule has 0 saturated carbocycles. The van der Waals surface area contributed by atoms with Crippen LogP contribution in [0.15, 0.2) is 49.2 Å². The molecule has 0 radical (unpaired) electrons. The Bertz CT molecular complexity index is 1140. The van der Waals surface area contributed by atoms with Crippen molar-refractivity contribution in [3.05, 3.63) is 71.6 Å². The van der Waals surface area contributed by atoms with Crippen LogP contribution in [0.5, 0.6) is 0 Å². The van der Waals surface area contributed by atoms with E-state index in [1.54, 1.807) is 0 Å². The molecule has 7 nitrogen and oxygen atoms in total. The van der Waals surface area contributed by atoms with Crippen LogP contribution in [0.4, 0.5) is 5.82 Å². The van der Waals surface area contributed by atoms with Gasteiger partial charge in [-0.25, -0.2) is 4.98 Å². The van der Waals surface area contributed by atoms with Gasteiger partial charge < -0.3 is 9.47 Å². The Morgan fingerprint density at radius 3 is 2.48 bits per heavy atom. The van der Waals surface area contributed by atoms with Crippen LogP contribution in [-0.4, -0.2) is 33.6 Å². The second kappa shape index (κ2) is 8.36. The lowest BCUT2D eigenvalue weighted by Crippen LogP contribution is -2.31. The van der Waals surface area contributed by atoms with Gasteiger partial charge in [-0.15, -0.1) is 6.58 Å². The topological polar surface area (TPSA) is 95.7 Å². The summed E-state index contributed by atoms with van der Waals surface area (Å²) >= 11 is 0. The number of hydrogen-bond donors (Lipinski definition) is 2. The number of benzene rings is 1. The first-order valence-electron chi connectivity index (χ1n) is 9.27. The van der Waals surface area contributed by atoms with Gasteiger partial charge in [0, 0.05) is 36.9 Å². The molecule has 0 unspecified atom stereocenters. The summed E-state index contributed by atoms with van der Waals surface area (Å²) in [5, 5.41) is 1.30. The molecule has 8 heteroatoms. The number of anilines is 1. The molecule has 0 amide bonds. The summed E-state index contributed by atoms with van der Waals surface area (Å²) in [5.41, 5.74) is 6.77. The van der Waals surface area contributed by atoms with Crippen molar-refractivity contribution in [3.63, 3.8) is 0 Å². The average molecular weight is 416 g/mol. The summed E-state index contributed by atoms with van der Waals surface area (Å²) in [4.78, 5) is 7.19. The highest BCUT2D eigenvalue weighted by molar-refractivity contribution is 7.79. The smallest absolute Gasteiger partial charge is 0.350 e. The van der Waals surface area contributed by atoms with Gasteiger partial charge in [0.1, 0.15) is 0 Å². The highest BCUT2D eigenvalue weighted by atomic mass is 32.3. The molecule has 3 aromatic rings. The van der Waals surface area contributed by atoms with E-state index in [-0.39, 0.29) is 0 Å². The Labute approximate surface area is 170 Å². The van der Waals surface area contributed by atoms with Crippen molar-refractivity contribution in [1.82, 2.24) is 9.55 Å². The van der Waals surface area contributed by atoms with Crippen LogP contribution in [0.25, 0.3) is 10.9 Å². The second-order valence-electron chi connectivity index (χ2n) is 7.03. The summed E-state index contributed by atoms with van der Waals surface area (Å²) < 4.78 is 33.9. The molecule has 4 rings (SSSR count). The van der Waals surface area contributed by atoms with Crippen molar-refractivity contribution >= 4 is 27.1 Å². The minimum absolute atomic E-state index is 0.819. The van der Waals surface area contributed by atoms with E-state index >= 15 is 0 Å². The number of rotatable bonds is 3. The van der Waals surface area contributed by atoms with Crippen LogP contribution >= 0.6 is 0 Å². The summed E-state index contributed by atoms with van der Waals surface area (Å²) in [6.07, 6.45) is 4.99. The Hall–Kier alpha value is -2.68. The van der Waals surface area contributed by atoms with Gasteiger partial charge in [-0.1, -0.05) is 30.3 Å². The fourth-order valence-electron chi connectivity index (χ4n) is 3.84. The number of fused-ring (bicyclic) bond motifs is 2. The van der Waals surface area contributed by atoms with E-state index in [9.17, 15) is 0 Å². The van der Waals surface area contributed by atoms with Crippen molar-refractivity contribution in [2.75, 3.05) is 11.4 Å². The second-order valence-corrected chi connectivity index (χ2v) is 7.92. The van der Waals surface area contributed by atoms with Gasteiger partial charge in [-0.2, -0.15) is 8.42 Å². The van der Waals surface area contributed by atoms with Crippen LogP contribution in [0.1, 0.15) is 22.4 Å². The van der Waals surface area contributed by atoms with Gasteiger partial charge in [0.2, 0.25) is 0 Å². The summed E-state index contributed by atoms with van der Waals surface area (Å²) in [7, 11) is -4.67. The van der Waals surface area contributed by atoms with E-state index in [1.165, 1.54) is 33.3 Å². The van der Waals surface area contributed by atoms with E-state index in [0.717, 1.165) is 31.9 Å². The number of pyridine rings is 1. The third-order valence-corrected chi connectivity index (χ3v) is 5.27. The van der Waals surface area contributed by atoms with Crippen molar-refractivity contribution in [1.29, 1.82) is 0 Å². The van der Waals surface area contributed by atoms with E-state index < -0.39 is 10.4 Å². The first-order chi connectivity index (χ1) is 13.7. The molecule has 0 spiro atoms. The molecular weight excluding hydrogens is 390 g/mol. The summed E-state index contributed by atoms with van der Waals surface area (Å²) in [6, 6.07) is 10.9. The number of nitrogens with zero attached hydrogens (tertiary/aromatic N) is 3. The molecule has 0 atom stereocenters. The molecule has 1 aromatic carbocycles. The molecule has 0 fully saturated rings. The molecular formula is C21H25N3O4S. The zero-order valence-corrected chi connectivity index (χ0v) is 17.4. The first kappa shape index (κ1) is 21.0. The van der Waals surface area contributed by atoms with Gasteiger partial charge >= 0.3 is 10.4 Å². The van der Waals surface area contributed by atoms with Gasteiger partial charge in [0.25, 0.3) is 0 Å². The molecule has 0 aliphatic carbocycles. The molecule has 29 heavy (non-hydrogen) atoms.